The third-order valence-corrected chi connectivity index (χ3v) is 5.61. The lowest BCUT2D eigenvalue weighted by Gasteiger charge is -2.17. The van der Waals surface area contributed by atoms with Crippen LogP contribution in [-0.4, -0.2) is 36.7 Å². The van der Waals surface area contributed by atoms with Crippen LogP contribution in [0.2, 0.25) is 0 Å². The summed E-state index contributed by atoms with van der Waals surface area (Å²) in [5, 5.41) is 6.64. The van der Waals surface area contributed by atoms with Crippen molar-refractivity contribution in [2.45, 2.75) is 33.3 Å². The molecule has 2 aromatic carbocycles. The fourth-order valence-electron chi connectivity index (χ4n) is 3.69. The van der Waals surface area contributed by atoms with Crippen molar-refractivity contribution in [1.82, 2.24) is 5.16 Å². The number of aryl methyl sites for hydroxylation is 2. The smallest absolute Gasteiger partial charge is 0.338 e. The molecule has 0 atom stereocenters. The van der Waals surface area contributed by atoms with Gasteiger partial charge in [-0.2, -0.15) is 0 Å². The van der Waals surface area contributed by atoms with Crippen molar-refractivity contribution in [3.63, 3.8) is 0 Å². The van der Waals surface area contributed by atoms with Crippen LogP contribution < -0.4 is 15.0 Å². The van der Waals surface area contributed by atoms with Crippen LogP contribution in [0.15, 0.2) is 53.1 Å². The Balaban J connectivity index is 1.23. The molecular formula is C25H27N3O5. The number of nitrogens with one attached hydrogen (secondary N) is 1. The first-order valence-electron chi connectivity index (χ1n) is 11.0. The lowest BCUT2D eigenvalue weighted by molar-refractivity contribution is -0.119. The van der Waals surface area contributed by atoms with E-state index in [1.54, 1.807) is 24.3 Å². The molecule has 4 rings (SSSR count). The Hall–Kier alpha value is -3.81. The molecule has 33 heavy (non-hydrogen) atoms. The van der Waals surface area contributed by atoms with E-state index < -0.39 is 11.9 Å². The average molecular weight is 450 g/mol. The molecule has 3 aromatic rings. The summed E-state index contributed by atoms with van der Waals surface area (Å²) in [5.41, 5.74) is 3.83. The Labute approximate surface area is 192 Å². The van der Waals surface area contributed by atoms with Crippen LogP contribution in [0.5, 0.6) is 5.75 Å². The Kier molecular flexibility index (Phi) is 6.92. The van der Waals surface area contributed by atoms with Crippen LogP contribution in [0, 0.1) is 13.8 Å². The van der Waals surface area contributed by atoms with Gasteiger partial charge in [-0.25, -0.2) is 4.79 Å². The van der Waals surface area contributed by atoms with Crippen molar-refractivity contribution in [2.75, 3.05) is 29.9 Å². The molecule has 0 radical (unpaired) electrons. The van der Waals surface area contributed by atoms with E-state index in [1.165, 1.54) is 12.8 Å². The maximum Gasteiger partial charge on any atom is 0.338 e. The number of amides is 1. The van der Waals surface area contributed by atoms with Gasteiger partial charge in [-0.3, -0.25) is 4.79 Å². The first kappa shape index (κ1) is 22.4. The first-order chi connectivity index (χ1) is 16.0. The van der Waals surface area contributed by atoms with Crippen molar-refractivity contribution < 1.29 is 23.6 Å². The molecule has 1 aromatic heterocycles. The van der Waals surface area contributed by atoms with Gasteiger partial charge in [-0.15, -0.1) is 0 Å². The number of carbonyl (C=O) groups excluding carboxylic acids is 2. The number of anilines is 2. The molecule has 0 bridgehead atoms. The molecule has 0 unspecified atom stereocenters. The summed E-state index contributed by atoms with van der Waals surface area (Å²) in [4.78, 5) is 26.8. The highest BCUT2D eigenvalue weighted by Crippen LogP contribution is 2.22. The predicted molar refractivity (Wildman–Crippen MR) is 124 cm³/mol. The van der Waals surface area contributed by atoms with Gasteiger partial charge < -0.3 is 24.2 Å². The molecule has 1 fully saturated rings. The SMILES string of the molecule is Cc1noc(C)c1COc1ccc(C(=O)OCC(=O)Nc2ccc(N3CCCC3)cc2)cc1. The molecule has 0 aliphatic carbocycles. The zero-order valence-electron chi connectivity index (χ0n) is 18.8. The van der Waals surface area contributed by atoms with Gasteiger partial charge in [-0.1, -0.05) is 5.16 Å². The monoisotopic (exact) mass is 449 g/mol. The van der Waals surface area contributed by atoms with Crippen LogP contribution >= 0.6 is 0 Å². The maximum atomic E-state index is 12.3. The van der Waals surface area contributed by atoms with Crippen LogP contribution in [0.1, 0.15) is 40.2 Å². The first-order valence-corrected chi connectivity index (χ1v) is 11.0. The van der Waals surface area contributed by atoms with Crippen LogP contribution in [0.4, 0.5) is 11.4 Å². The Morgan fingerprint density at radius 3 is 2.36 bits per heavy atom. The van der Waals surface area contributed by atoms with Crippen LogP contribution in [0.25, 0.3) is 0 Å². The minimum atomic E-state index is -0.577. The number of esters is 1. The summed E-state index contributed by atoms with van der Waals surface area (Å²) in [6, 6.07) is 14.2. The van der Waals surface area contributed by atoms with Gasteiger partial charge in [0.25, 0.3) is 5.91 Å². The van der Waals surface area contributed by atoms with E-state index in [0.717, 1.165) is 30.0 Å². The van der Waals surface area contributed by atoms with Crippen molar-refractivity contribution in [2.24, 2.45) is 0 Å². The highest BCUT2D eigenvalue weighted by Gasteiger charge is 2.14. The van der Waals surface area contributed by atoms with Gasteiger partial charge in [0, 0.05) is 24.5 Å². The normalized spacial score (nSPS) is 13.1. The molecular weight excluding hydrogens is 422 g/mol. The summed E-state index contributed by atoms with van der Waals surface area (Å²) in [7, 11) is 0. The second-order valence-corrected chi connectivity index (χ2v) is 7.98. The molecule has 1 saturated heterocycles. The molecule has 1 aliphatic rings. The maximum absolute atomic E-state index is 12.3. The van der Waals surface area contributed by atoms with Gasteiger partial charge in [0.05, 0.1) is 16.8 Å². The third kappa shape index (κ3) is 5.71. The predicted octanol–water partition coefficient (Wildman–Crippen LogP) is 4.27. The zero-order valence-corrected chi connectivity index (χ0v) is 18.8. The summed E-state index contributed by atoms with van der Waals surface area (Å²) in [6.45, 7) is 5.78. The highest BCUT2D eigenvalue weighted by atomic mass is 16.5. The number of hydrogen-bond donors (Lipinski definition) is 1. The van der Waals surface area contributed by atoms with E-state index in [-0.39, 0.29) is 6.61 Å². The van der Waals surface area contributed by atoms with Gasteiger partial charge in [0.15, 0.2) is 6.61 Å². The molecule has 172 valence electrons. The number of benzene rings is 2. The van der Waals surface area contributed by atoms with Crippen LogP contribution in [0.3, 0.4) is 0 Å². The van der Waals surface area contributed by atoms with Crippen molar-refractivity contribution in [3.8, 4) is 5.75 Å². The topological polar surface area (TPSA) is 93.9 Å². The standard InChI is InChI=1S/C25H27N3O5/c1-17-23(18(2)33-27-17)15-31-22-11-5-19(6-12-22)25(30)32-16-24(29)26-20-7-9-21(10-8-20)28-13-3-4-14-28/h5-12H,3-4,13-16H2,1-2H3,(H,26,29). The molecule has 1 N–H and O–H groups in total. The summed E-state index contributed by atoms with van der Waals surface area (Å²) in [5.74, 6) is 0.346. The van der Waals surface area contributed by atoms with Gasteiger partial charge in [-0.05, 0) is 75.2 Å². The Morgan fingerprint density at radius 2 is 1.73 bits per heavy atom. The van der Waals surface area contributed by atoms with Gasteiger partial charge in [0.1, 0.15) is 18.1 Å². The lowest BCUT2D eigenvalue weighted by Crippen LogP contribution is -2.21. The minimum Gasteiger partial charge on any atom is -0.489 e. The highest BCUT2D eigenvalue weighted by molar-refractivity contribution is 5.95. The average Bonchev–Trinajstić information content (AvgIpc) is 3.47. The summed E-state index contributed by atoms with van der Waals surface area (Å²) < 4.78 is 16.0. The molecule has 1 aliphatic heterocycles. The van der Waals surface area contributed by atoms with Crippen molar-refractivity contribution in [1.29, 1.82) is 0 Å². The van der Waals surface area contributed by atoms with E-state index in [1.807, 2.05) is 38.1 Å². The molecule has 1 amide bonds. The largest absolute Gasteiger partial charge is 0.489 e. The molecule has 0 spiro atoms. The number of hydrogen-bond acceptors (Lipinski definition) is 7. The van der Waals surface area contributed by atoms with Crippen LogP contribution in [-0.2, 0) is 16.1 Å². The van der Waals surface area contributed by atoms with E-state index in [4.69, 9.17) is 14.0 Å². The molecule has 8 nitrogen and oxygen atoms in total. The third-order valence-electron chi connectivity index (χ3n) is 5.61. The van der Waals surface area contributed by atoms with Crippen molar-refractivity contribution in [3.05, 3.63) is 71.1 Å². The zero-order chi connectivity index (χ0) is 23.2. The lowest BCUT2D eigenvalue weighted by atomic mass is 10.2. The number of nitrogens with zero attached hydrogens (tertiary/aromatic N) is 2. The van der Waals surface area contributed by atoms with Crippen molar-refractivity contribution >= 4 is 23.3 Å². The molecule has 0 saturated carbocycles. The Morgan fingerprint density at radius 1 is 1.03 bits per heavy atom. The minimum absolute atomic E-state index is 0.324. The second-order valence-electron chi connectivity index (χ2n) is 7.98. The Bertz CT molecular complexity index is 1080. The molecule has 2 heterocycles. The van der Waals surface area contributed by atoms with E-state index in [0.29, 0.717) is 29.4 Å². The number of ether oxygens (including phenoxy) is 2. The molecule has 8 heteroatoms. The second kappa shape index (κ2) is 10.2. The fraction of sp³-hybridized carbons (Fsp3) is 0.320. The van der Waals surface area contributed by atoms with E-state index in [2.05, 4.69) is 15.4 Å². The summed E-state index contributed by atoms with van der Waals surface area (Å²) >= 11 is 0. The van der Waals surface area contributed by atoms with Gasteiger partial charge in [0.2, 0.25) is 0 Å². The summed E-state index contributed by atoms with van der Waals surface area (Å²) in [6.07, 6.45) is 2.42. The quantitative estimate of drug-likeness (QED) is 0.513. The van der Waals surface area contributed by atoms with E-state index in [9.17, 15) is 9.59 Å². The van der Waals surface area contributed by atoms with E-state index >= 15 is 0 Å². The number of rotatable bonds is 8. The van der Waals surface area contributed by atoms with Gasteiger partial charge >= 0.3 is 5.97 Å². The fourth-order valence-corrected chi connectivity index (χ4v) is 3.69. The number of aromatic nitrogens is 1. The number of carbonyl (C=O) groups is 2.